The maximum Gasteiger partial charge on any atom is 0.159 e. The summed E-state index contributed by atoms with van der Waals surface area (Å²) in [4.78, 5) is 0.389. The summed E-state index contributed by atoms with van der Waals surface area (Å²) >= 11 is 5.20. The molecule has 0 spiro atoms. The standard InChI is InChI=1S/C14H24N4S/c1-6-10-11(7-2)17-18-14(12(10)13(15)19)16-9(5)8(3)4/h8-9H,6-7H2,1-5H3,(H2,15,19)(H,16,18). The van der Waals surface area contributed by atoms with Gasteiger partial charge in [0.05, 0.1) is 11.3 Å². The van der Waals surface area contributed by atoms with E-state index in [0.717, 1.165) is 29.7 Å². The fraction of sp³-hybridized carbons (Fsp3) is 0.643. The summed E-state index contributed by atoms with van der Waals surface area (Å²) in [6.07, 6.45) is 1.70. The number of nitrogens with zero attached hydrogens (tertiary/aromatic N) is 2. The summed E-state index contributed by atoms with van der Waals surface area (Å²) < 4.78 is 0. The fourth-order valence-corrected chi connectivity index (χ4v) is 2.14. The molecule has 0 radical (unpaired) electrons. The van der Waals surface area contributed by atoms with Crippen LogP contribution in [0.5, 0.6) is 0 Å². The molecule has 0 aliphatic rings. The molecule has 106 valence electrons. The van der Waals surface area contributed by atoms with Crippen molar-refractivity contribution in [1.29, 1.82) is 0 Å². The molecule has 0 aromatic carbocycles. The highest BCUT2D eigenvalue weighted by Gasteiger charge is 2.18. The lowest BCUT2D eigenvalue weighted by molar-refractivity contribution is 0.557. The number of hydrogen-bond acceptors (Lipinski definition) is 4. The van der Waals surface area contributed by atoms with Crippen molar-refractivity contribution in [3.63, 3.8) is 0 Å². The van der Waals surface area contributed by atoms with Crippen LogP contribution in [0.2, 0.25) is 0 Å². The van der Waals surface area contributed by atoms with Crippen LogP contribution in [0.15, 0.2) is 0 Å². The van der Waals surface area contributed by atoms with Crippen LogP contribution in [0.1, 0.15) is 51.4 Å². The molecule has 1 unspecified atom stereocenters. The molecule has 0 saturated carbocycles. The molecule has 1 atom stereocenters. The highest BCUT2D eigenvalue weighted by Crippen LogP contribution is 2.22. The largest absolute Gasteiger partial charge is 0.389 e. The van der Waals surface area contributed by atoms with E-state index in [1.165, 1.54) is 0 Å². The molecule has 0 amide bonds. The van der Waals surface area contributed by atoms with Crippen LogP contribution in [-0.2, 0) is 12.8 Å². The lowest BCUT2D eigenvalue weighted by Gasteiger charge is -2.21. The fourth-order valence-electron chi connectivity index (χ4n) is 1.92. The van der Waals surface area contributed by atoms with Gasteiger partial charge in [0.15, 0.2) is 5.82 Å². The van der Waals surface area contributed by atoms with Crippen LogP contribution in [0.25, 0.3) is 0 Å². The van der Waals surface area contributed by atoms with Gasteiger partial charge in [-0.1, -0.05) is 39.9 Å². The average molecular weight is 280 g/mol. The van der Waals surface area contributed by atoms with Crippen molar-refractivity contribution >= 4 is 23.0 Å². The zero-order valence-corrected chi connectivity index (χ0v) is 13.3. The third-order valence-electron chi connectivity index (χ3n) is 3.46. The van der Waals surface area contributed by atoms with E-state index in [1.807, 2.05) is 0 Å². The van der Waals surface area contributed by atoms with Crippen molar-refractivity contribution < 1.29 is 0 Å². The van der Waals surface area contributed by atoms with Gasteiger partial charge in [-0.2, -0.15) is 5.10 Å². The minimum atomic E-state index is 0.291. The number of hydrogen-bond donors (Lipinski definition) is 2. The van der Waals surface area contributed by atoms with E-state index in [4.69, 9.17) is 18.0 Å². The number of aryl methyl sites for hydroxylation is 1. The first-order valence-corrected chi connectivity index (χ1v) is 7.27. The lowest BCUT2D eigenvalue weighted by Crippen LogP contribution is -2.26. The molecule has 1 heterocycles. The highest BCUT2D eigenvalue weighted by atomic mass is 32.1. The third kappa shape index (κ3) is 3.62. The first-order valence-electron chi connectivity index (χ1n) is 6.87. The molecule has 0 bridgehead atoms. The number of nitrogens with one attached hydrogen (secondary N) is 1. The summed E-state index contributed by atoms with van der Waals surface area (Å²) in [7, 11) is 0. The van der Waals surface area contributed by atoms with E-state index in [1.54, 1.807) is 0 Å². The van der Waals surface area contributed by atoms with Gasteiger partial charge in [-0.05, 0) is 31.2 Å². The van der Waals surface area contributed by atoms with Gasteiger partial charge < -0.3 is 11.1 Å². The number of thiocarbonyl (C=S) groups is 1. The molecule has 0 fully saturated rings. The molecule has 4 nitrogen and oxygen atoms in total. The first kappa shape index (κ1) is 15.8. The minimum Gasteiger partial charge on any atom is -0.389 e. The predicted octanol–water partition coefficient (Wildman–Crippen LogP) is 2.69. The molecule has 0 aliphatic carbocycles. The SMILES string of the molecule is CCc1nnc(NC(C)C(C)C)c(C(N)=S)c1CC. The van der Waals surface area contributed by atoms with Crippen molar-refractivity contribution in [3.05, 3.63) is 16.8 Å². The second-order valence-electron chi connectivity index (χ2n) is 5.10. The topological polar surface area (TPSA) is 63.8 Å². The smallest absolute Gasteiger partial charge is 0.159 e. The van der Waals surface area contributed by atoms with E-state index in [-0.39, 0.29) is 0 Å². The molecule has 1 aromatic heterocycles. The molecule has 3 N–H and O–H groups in total. The second kappa shape index (κ2) is 6.80. The van der Waals surface area contributed by atoms with Gasteiger partial charge in [0.2, 0.25) is 0 Å². The Balaban J connectivity index is 3.28. The Kier molecular flexibility index (Phi) is 5.66. The molecule has 1 rings (SSSR count). The van der Waals surface area contributed by atoms with Gasteiger partial charge in [0.25, 0.3) is 0 Å². The molecular formula is C14H24N4S. The second-order valence-corrected chi connectivity index (χ2v) is 5.54. The van der Waals surface area contributed by atoms with Crippen molar-refractivity contribution in [3.8, 4) is 0 Å². The normalized spacial score (nSPS) is 12.5. The summed E-state index contributed by atoms with van der Waals surface area (Å²) in [6, 6.07) is 0.291. The van der Waals surface area contributed by atoms with Crippen LogP contribution in [0.3, 0.4) is 0 Å². The van der Waals surface area contributed by atoms with E-state index >= 15 is 0 Å². The van der Waals surface area contributed by atoms with Crippen LogP contribution in [0, 0.1) is 5.92 Å². The summed E-state index contributed by atoms with van der Waals surface area (Å²) in [5.41, 5.74) is 8.84. The van der Waals surface area contributed by atoms with Crippen molar-refractivity contribution in [2.24, 2.45) is 11.7 Å². The van der Waals surface area contributed by atoms with E-state index in [0.29, 0.717) is 22.8 Å². The van der Waals surface area contributed by atoms with Gasteiger partial charge in [0, 0.05) is 6.04 Å². The van der Waals surface area contributed by atoms with Gasteiger partial charge in [-0.3, -0.25) is 0 Å². The maximum atomic E-state index is 5.89. The Labute approximate surface area is 121 Å². The van der Waals surface area contributed by atoms with Gasteiger partial charge in [-0.15, -0.1) is 5.10 Å². The van der Waals surface area contributed by atoms with E-state index in [9.17, 15) is 0 Å². The molecule has 1 aromatic rings. The van der Waals surface area contributed by atoms with Crippen LogP contribution < -0.4 is 11.1 Å². The van der Waals surface area contributed by atoms with Gasteiger partial charge >= 0.3 is 0 Å². The summed E-state index contributed by atoms with van der Waals surface area (Å²) in [5.74, 6) is 1.21. The van der Waals surface area contributed by atoms with Crippen molar-refractivity contribution in [1.82, 2.24) is 10.2 Å². The molecule has 5 heteroatoms. The van der Waals surface area contributed by atoms with Gasteiger partial charge in [0.1, 0.15) is 4.99 Å². The van der Waals surface area contributed by atoms with Crippen molar-refractivity contribution in [2.75, 3.05) is 5.32 Å². The summed E-state index contributed by atoms with van der Waals surface area (Å²) in [6.45, 7) is 10.6. The van der Waals surface area contributed by atoms with Gasteiger partial charge in [-0.25, -0.2) is 0 Å². The Morgan fingerprint density at radius 3 is 2.26 bits per heavy atom. The van der Waals surface area contributed by atoms with Crippen LogP contribution in [-0.4, -0.2) is 21.2 Å². The zero-order chi connectivity index (χ0) is 14.6. The van der Waals surface area contributed by atoms with Crippen LogP contribution in [0.4, 0.5) is 5.82 Å². The lowest BCUT2D eigenvalue weighted by atomic mass is 10.0. The predicted molar refractivity (Wildman–Crippen MR) is 84.6 cm³/mol. The Morgan fingerprint density at radius 1 is 1.21 bits per heavy atom. The van der Waals surface area contributed by atoms with Crippen LogP contribution >= 0.6 is 12.2 Å². The Hall–Kier alpha value is -1.23. The number of nitrogens with two attached hydrogens (primary N) is 1. The third-order valence-corrected chi connectivity index (χ3v) is 3.66. The maximum absolute atomic E-state index is 5.89. The van der Waals surface area contributed by atoms with Crippen molar-refractivity contribution in [2.45, 2.75) is 53.5 Å². The first-order chi connectivity index (χ1) is 8.92. The highest BCUT2D eigenvalue weighted by molar-refractivity contribution is 7.80. The summed E-state index contributed by atoms with van der Waals surface area (Å²) in [5, 5.41) is 11.9. The Bertz CT molecular complexity index is 457. The molecule has 0 aliphatic heterocycles. The monoisotopic (exact) mass is 280 g/mol. The number of anilines is 1. The molecule has 19 heavy (non-hydrogen) atoms. The van der Waals surface area contributed by atoms with E-state index in [2.05, 4.69) is 50.1 Å². The average Bonchev–Trinajstić information content (AvgIpc) is 2.37. The number of aromatic nitrogens is 2. The number of rotatable bonds is 6. The quantitative estimate of drug-likeness (QED) is 0.784. The molecular weight excluding hydrogens is 256 g/mol. The molecule has 0 saturated heterocycles. The zero-order valence-electron chi connectivity index (χ0n) is 12.4. The Morgan fingerprint density at radius 2 is 1.84 bits per heavy atom. The minimum absolute atomic E-state index is 0.291. The van der Waals surface area contributed by atoms with E-state index < -0.39 is 0 Å².